The lowest BCUT2D eigenvalue weighted by atomic mass is 10.1. The maximum Gasteiger partial charge on any atom is 0.229 e. The van der Waals surface area contributed by atoms with E-state index in [0.29, 0.717) is 18.0 Å². The molecule has 164 valence electrons. The zero-order valence-corrected chi connectivity index (χ0v) is 18.9. The van der Waals surface area contributed by atoms with Crippen molar-refractivity contribution in [2.24, 2.45) is 5.92 Å². The van der Waals surface area contributed by atoms with E-state index in [9.17, 15) is 9.59 Å². The lowest BCUT2D eigenvalue weighted by Crippen LogP contribution is -2.28. The van der Waals surface area contributed by atoms with Gasteiger partial charge in [0.15, 0.2) is 0 Å². The van der Waals surface area contributed by atoms with Crippen molar-refractivity contribution in [2.75, 3.05) is 16.8 Å². The first-order valence-corrected chi connectivity index (χ1v) is 10.8. The highest BCUT2D eigenvalue weighted by Crippen LogP contribution is 2.30. The molecule has 2 amide bonds. The molecule has 0 saturated carbocycles. The third-order valence-electron chi connectivity index (χ3n) is 5.97. The summed E-state index contributed by atoms with van der Waals surface area (Å²) in [7, 11) is 0. The van der Waals surface area contributed by atoms with Crippen LogP contribution in [0.15, 0.2) is 60.7 Å². The Balaban J connectivity index is 1.38. The van der Waals surface area contributed by atoms with Crippen LogP contribution in [0.25, 0.3) is 0 Å². The number of rotatable bonds is 5. The Morgan fingerprint density at radius 1 is 0.875 bits per heavy atom. The minimum atomic E-state index is -0.380. The highest BCUT2D eigenvalue weighted by molar-refractivity contribution is 6.03. The third kappa shape index (κ3) is 4.67. The van der Waals surface area contributed by atoms with Crippen LogP contribution in [0.1, 0.15) is 28.7 Å². The monoisotopic (exact) mass is 428 g/mol. The number of nitrogens with one attached hydrogen (secondary N) is 1. The van der Waals surface area contributed by atoms with Gasteiger partial charge in [-0.05, 0) is 86.8 Å². The molecule has 0 aromatic heterocycles. The van der Waals surface area contributed by atoms with Crippen molar-refractivity contribution >= 4 is 23.2 Å². The van der Waals surface area contributed by atoms with Crippen LogP contribution in [-0.4, -0.2) is 18.4 Å². The quantitative estimate of drug-likeness (QED) is 0.567. The number of hydrogen-bond donors (Lipinski definition) is 1. The topological polar surface area (TPSA) is 58.6 Å². The van der Waals surface area contributed by atoms with Gasteiger partial charge in [-0.2, -0.15) is 0 Å². The molecule has 0 radical (unpaired) electrons. The molecule has 0 aliphatic carbocycles. The van der Waals surface area contributed by atoms with Gasteiger partial charge in [-0.3, -0.25) is 9.59 Å². The van der Waals surface area contributed by atoms with Gasteiger partial charge < -0.3 is 15.0 Å². The first-order chi connectivity index (χ1) is 15.3. The number of aryl methyl sites for hydroxylation is 4. The van der Waals surface area contributed by atoms with Crippen molar-refractivity contribution in [1.29, 1.82) is 0 Å². The highest BCUT2D eigenvalue weighted by Gasteiger charge is 2.35. The van der Waals surface area contributed by atoms with Crippen molar-refractivity contribution < 1.29 is 14.3 Å². The molecule has 1 N–H and O–H groups in total. The number of ether oxygens (including phenoxy) is 1. The Kier molecular flexibility index (Phi) is 5.99. The summed E-state index contributed by atoms with van der Waals surface area (Å²) in [6.07, 6.45) is 0.215. The summed E-state index contributed by atoms with van der Waals surface area (Å²) >= 11 is 0. The van der Waals surface area contributed by atoms with Gasteiger partial charge in [-0.1, -0.05) is 23.8 Å². The summed E-state index contributed by atoms with van der Waals surface area (Å²) in [6, 6.07) is 19.3. The van der Waals surface area contributed by atoms with Crippen LogP contribution < -0.4 is 15.0 Å². The zero-order valence-electron chi connectivity index (χ0n) is 18.9. The van der Waals surface area contributed by atoms with Gasteiger partial charge in [-0.25, -0.2) is 0 Å². The predicted octanol–water partition coefficient (Wildman–Crippen LogP) is 5.70. The predicted molar refractivity (Wildman–Crippen MR) is 127 cm³/mol. The average Bonchev–Trinajstić information content (AvgIpc) is 3.14. The molecular formula is C27H28N2O3. The minimum absolute atomic E-state index is 0.0192. The fraction of sp³-hybridized carbons (Fsp3) is 0.259. The summed E-state index contributed by atoms with van der Waals surface area (Å²) < 4.78 is 5.91. The number of hydrogen-bond acceptors (Lipinski definition) is 3. The SMILES string of the molecule is Cc1ccc(N2C[C@@H](C(=O)Nc3ccc(Oc4ccc(C)c(C)c4)cc3)CC2=O)c(C)c1. The molecule has 1 heterocycles. The van der Waals surface area contributed by atoms with Crippen molar-refractivity contribution in [1.82, 2.24) is 0 Å². The number of amides is 2. The van der Waals surface area contributed by atoms with Crippen molar-refractivity contribution in [3.8, 4) is 11.5 Å². The van der Waals surface area contributed by atoms with Crippen molar-refractivity contribution in [3.05, 3.63) is 82.9 Å². The molecule has 1 fully saturated rings. The van der Waals surface area contributed by atoms with Crippen molar-refractivity contribution in [2.45, 2.75) is 34.1 Å². The van der Waals surface area contributed by atoms with Crippen molar-refractivity contribution in [3.63, 3.8) is 0 Å². The highest BCUT2D eigenvalue weighted by atomic mass is 16.5. The Hall–Kier alpha value is -3.60. The number of anilines is 2. The molecule has 1 aliphatic rings. The summed E-state index contributed by atoms with van der Waals surface area (Å²) in [5.74, 6) is 0.932. The largest absolute Gasteiger partial charge is 0.457 e. The Morgan fingerprint density at radius 2 is 1.59 bits per heavy atom. The van der Waals surface area contributed by atoms with E-state index in [0.717, 1.165) is 22.6 Å². The molecule has 0 bridgehead atoms. The second-order valence-electron chi connectivity index (χ2n) is 8.56. The molecule has 3 aromatic rings. The number of carbonyl (C=O) groups excluding carboxylic acids is 2. The lowest BCUT2D eigenvalue weighted by molar-refractivity contribution is -0.122. The van der Waals surface area contributed by atoms with Gasteiger partial charge in [0, 0.05) is 24.3 Å². The van der Waals surface area contributed by atoms with Gasteiger partial charge in [0.05, 0.1) is 5.92 Å². The Morgan fingerprint density at radius 3 is 2.28 bits per heavy atom. The van der Waals surface area contributed by atoms with Crippen LogP contribution in [0.4, 0.5) is 11.4 Å². The van der Waals surface area contributed by atoms with Gasteiger partial charge in [0.2, 0.25) is 11.8 Å². The van der Waals surface area contributed by atoms with Gasteiger partial charge >= 0.3 is 0 Å². The molecular weight excluding hydrogens is 400 g/mol. The van der Waals surface area contributed by atoms with E-state index in [1.807, 2.05) is 68.4 Å². The standard InChI is InChI=1S/C27H28N2O3/c1-17-5-12-25(20(4)13-17)29-16-21(15-26(29)30)27(31)28-22-7-10-23(11-8-22)32-24-9-6-18(2)19(3)14-24/h5-14,21H,15-16H2,1-4H3,(H,28,31)/t21-/m0/s1. The van der Waals surface area contributed by atoms with Gasteiger partial charge in [-0.15, -0.1) is 0 Å². The molecule has 3 aromatic carbocycles. The van der Waals surface area contributed by atoms with E-state index in [2.05, 4.69) is 25.2 Å². The van der Waals surface area contributed by atoms with Gasteiger partial charge in [0.1, 0.15) is 11.5 Å². The zero-order chi connectivity index (χ0) is 22.8. The third-order valence-corrected chi connectivity index (χ3v) is 5.97. The van der Waals surface area contributed by atoms with Crippen LogP contribution in [0, 0.1) is 33.6 Å². The summed E-state index contributed by atoms with van der Waals surface area (Å²) in [5, 5.41) is 2.93. The number of carbonyl (C=O) groups is 2. The molecule has 32 heavy (non-hydrogen) atoms. The van der Waals surface area contributed by atoms with Crippen LogP contribution in [0.3, 0.4) is 0 Å². The van der Waals surface area contributed by atoms with Crippen LogP contribution in [-0.2, 0) is 9.59 Å². The smallest absolute Gasteiger partial charge is 0.229 e. The fourth-order valence-electron chi connectivity index (χ4n) is 3.99. The maximum absolute atomic E-state index is 12.8. The first-order valence-electron chi connectivity index (χ1n) is 10.8. The van der Waals surface area contributed by atoms with E-state index >= 15 is 0 Å². The fourth-order valence-corrected chi connectivity index (χ4v) is 3.99. The molecule has 4 rings (SSSR count). The van der Waals surface area contributed by atoms with E-state index in [-0.39, 0.29) is 24.2 Å². The van der Waals surface area contributed by atoms with Crippen LogP contribution in [0.2, 0.25) is 0 Å². The van der Waals surface area contributed by atoms with Crippen LogP contribution >= 0.6 is 0 Å². The number of benzene rings is 3. The summed E-state index contributed by atoms with van der Waals surface area (Å²) in [6.45, 7) is 8.52. The maximum atomic E-state index is 12.8. The minimum Gasteiger partial charge on any atom is -0.457 e. The lowest BCUT2D eigenvalue weighted by Gasteiger charge is -2.19. The van der Waals surface area contributed by atoms with E-state index in [1.165, 1.54) is 11.1 Å². The Labute approximate surface area is 189 Å². The van der Waals surface area contributed by atoms with Crippen LogP contribution in [0.5, 0.6) is 11.5 Å². The normalized spacial score (nSPS) is 15.7. The second-order valence-corrected chi connectivity index (χ2v) is 8.56. The molecule has 0 unspecified atom stereocenters. The first kappa shape index (κ1) is 21.6. The second kappa shape index (κ2) is 8.87. The van der Waals surface area contributed by atoms with E-state index < -0.39 is 0 Å². The van der Waals surface area contributed by atoms with E-state index in [1.54, 1.807) is 4.90 Å². The average molecular weight is 429 g/mol. The molecule has 1 atom stereocenters. The molecule has 0 spiro atoms. The summed E-state index contributed by atoms with van der Waals surface area (Å²) in [5.41, 5.74) is 6.14. The number of nitrogens with zero attached hydrogens (tertiary/aromatic N) is 1. The Bertz CT molecular complexity index is 1170. The molecule has 1 aliphatic heterocycles. The molecule has 1 saturated heterocycles. The summed E-state index contributed by atoms with van der Waals surface area (Å²) in [4.78, 5) is 27.1. The van der Waals surface area contributed by atoms with Gasteiger partial charge in [0.25, 0.3) is 0 Å². The molecule has 5 heteroatoms. The molecule has 5 nitrogen and oxygen atoms in total. The van der Waals surface area contributed by atoms with E-state index in [4.69, 9.17) is 4.74 Å².